The Labute approximate surface area is 179 Å². The lowest BCUT2D eigenvalue weighted by molar-refractivity contribution is -0.131. The van der Waals surface area contributed by atoms with Crippen LogP contribution in [-0.4, -0.2) is 46.9 Å². The van der Waals surface area contributed by atoms with Crippen LogP contribution in [0.5, 0.6) is 11.5 Å². The molecule has 31 heavy (non-hydrogen) atoms. The molecule has 2 heterocycles. The summed E-state index contributed by atoms with van der Waals surface area (Å²) in [6.07, 6.45) is 1.58. The Morgan fingerprint density at radius 3 is 2.55 bits per heavy atom. The highest BCUT2D eigenvalue weighted by Crippen LogP contribution is 2.34. The number of nitrogens with one attached hydrogen (secondary N) is 1. The van der Waals surface area contributed by atoms with E-state index >= 15 is 0 Å². The molecule has 2 aromatic carbocycles. The topological polar surface area (TPSA) is 89.9 Å². The van der Waals surface area contributed by atoms with Gasteiger partial charge in [-0.1, -0.05) is 18.2 Å². The van der Waals surface area contributed by atoms with Gasteiger partial charge in [0, 0.05) is 41.9 Å². The Hall–Kier alpha value is -3.81. The van der Waals surface area contributed by atoms with Gasteiger partial charge in [-0.05, 0) is 32.0 Å². The zero-order valence-electron chi connectivity index (χ0n) is 17.4. The third kappa shape index (κ3) is 3.96. The van der Waals surface area contributed by atoms with Crippen molar-refractivity contribution in [2.24, 2.45) is 0 Å². The Bertz CT molecular complexity index is 1160. The van der Waals surface area contributed by atoms with Gasteiger partial charge in [0.1, 0.15) is 6.54 Å². The third-order valence-electron chi connectivity index (χ3n) is 5.29. The number of rotatable bonds is 7. The number of aromatic nitrogens is 1. The second-order valence-electron chi connectivity index (χ2n) is 7.11. The lowest BCUT2D eigenvalue weighted by Gasteiger charge is -2.19. The molecule has 4 rings (SSSR count). The molecule has 1 aliphatic heterocycles. The lowest BCUT2D eigenvalue weighted by Crippen LogP contribution is -2.33. The SMILES string of the molecule is CCN(CC)C(=O)Cn1cc(C(=O)C(=O)Nc2ccc3c(c2)OCO3)c2ccccc21. The molecule has 8 heteroatoms. The number of likely N-dealkylation sites (N-methyl/N-ethyl adjacent to an activating group) is 1. The van der Waals surface area contributed by atoms with Gasteiger partial charge in [-0.15, -0.1) is 0 Å². The van der Waals surface area contributed by atoms with Crippen molar-refractivity contribution in [3.8, 4) is 11.5 Å². The minimum Gasteiger partial charge on any atom is -0.454 e. The summed E-state index contributed by atoms with van der Waals surface area (Å²) in [6, 6.07) is 12.2. The molecule has 0 aliphatic carbocycles. The molecule has 0 fully saturated rings. The molecule has 3 aromatic rings. The Morgan fingerprint density at radius 2 is 1.77 bits per heavy atom. The monoisotopic (exact) mass is 421 g/mol. The lowest BCUT2D eigenvalue weighted by atomic mass is 10.1. The summed E-state index contributed by atoms with van der Waals surface area (Å²) >= 11 is 0. The molecule has 2 amide bonds. The molecule has 0 unspecified atom stereocenters. The molecule has 0 atom stereocenters. The minimum atomic E-state index is -0.767. The van der Waals surface area contributed by atoms with E-state index < -0.39 is 11.7 Å². The number of carbonyl (C=O) groups is 3. The summed E-state index contributed by atoms with van der Waals surface area (Å²) in [6.45, 7) is 5.28. The number of fused-ring (bicyclic) bond motifs is 2. The van der Waals surface area contributed by atoms with Crippen molar-refractivity contribution in [2.45, 2.75) is 20.4 Å². The summed E-state index contributed by atoms with van der Waals surface area (Å²) < 4.78 is 12.3. The number of hydrogen-bond acceptors (Lipinski definition) is 5. The highest BCUT2D eigenvalue weighted by Gasteiger charge is 2.23. The van der Waals surface area contributed by atoms with Crippen LogP contribution in [0.3, 0.4) is 0 Å². The van der Waals surface area contributed by atoms with Gasteiger partial charge in [0.05, 0.1) is 5.56 Å². The highest BCUT2D eigenvalue weighted by atomic mass is 16.7. The molecule has 0 saturated carbocycles. The molecule has 1 aromatic heterocycles. The largest absolute Gasteiger partial charge is 0.454 e. The number of ketones is 1. The Balaban J connectivity index is 1.59. The van der Waals surface area contributed by atoms with Crippen LogP contribution >= 0.6 is 0 Å². The second-order valence-corrected chi connectivity index (χ2v) is 7.11. The number of benzene rings is 2. The smallest absolute Gasteiger partial charge is 0.296 e. The number of amides is 2. The van der Waals surface area contributed by atoms with Crippen molar-refractivity contribution in [3.63, 3.8) is 0 Å². The molecular weight excluding hydrogens is 398 g/mol. The van der Waals surface area contributed by atoms with Crippen molar-refractivity contribution in [3.05, 3.63) is 54.2 Å². The van der Waals surface area contributed by atoms with Crippen LogP contribution in [0, 0.1) is 0 Å². The first-order chi connectivity index (χ1) is 15.0. The third-order valence-corrected chi connectivity index (χ3v) is 5.29. The molecule has 0 bridgehead atoms. The molecule has 1 N–H and O–H groups in total. The van der Waals surface area contributed by atoms with Crippen molar-refractivity contribution in [1.29, 1.82) is 0 Å². The Morgan fingerprint density at radius 1 is 1.03 bits per heavy atom. The van der Waals surface area contributed by atoms with Gasteiger partial charge in [-0.2, -0.15) is 0 Å². The average Bonchev–Trinajstić information content (AvgIpc) is 3.38. The number of para-hydroxylation sites is 1. The van der Waals surface area contributed by atoms with Crippen LogP contribution in [0.25, 0.3) is 10.9 Å². The van der Waals surface area contributed by atoms with Crippen molar-refractivity contribution in [1.82, 2.24) is 9.47 Å². The number of Topliss-reactive ketones (excluding diaryl/α,β-unsaturated/α-hetero) is 1. The summed E-state index contributed by atoms with van der Waals surface area (Å²) in [5.41, 5.74) is 1.41. The van der Waals surface area contributed by atoms with Crippen molar-refractivity contribution in [2.75, 3.05) is 25.2 Å². The van der Waals surface area contributed by atoms with E-state index in [-0.39, 0.29) is 24.8 Å². The first-order valence-corrected chi connectivity index (χ1v) is 10.1. The van der Waals surface area contributed by atoms with E-state index in [4.69, 9.17) is 9.47 Å². The summed E-state index contributed by atoms with van der Waals surface area (Å²) in [4.78, 5) is 39.9. The predicted octanol–water partition coefficient (Wildman–Crippen LogP) is 3.06. The van der Waals surface area contributed by atoms with Gasteiger partial charge < -0.3 is 24.3 Å². The minimum absolute atomic E-state index is 0.0467. The fourth-order valence-corrected chi connectivity index (χ4v) is 3.67. The number of hydrogen-bond donors (Lipinski definition) is 1. The van der Waals surface area contributed by atoms with E-state index in [2.05, 4.69) is 5.32 Å². The molecule has 0 saturated heterocycles. The number of nitrogens with zero attached hydrogens (tertiary/aromatic N) is 2. The second kappa shape index (κ2) is 8.51. The summed E-state index contributed by atoms with van der Waals surface area (Å²) in [5, 5.41) is 3.24. The van der Waals surface area contributed by atoms with E-state index in [0.717, 1.165) is 5.52 Å². The van der Waals surface area contributed by atoms with Gasteiger partial charge in [0.25, 0.3) is 11.7 Å². The maximum atomic E-state index is 13.0. The van der Waals surface area contributed by atoms with Gasteiger partial charge in [0.2, 0.25) is 12.7 Å². The zero-order chi connectivity index (χ0) is 22.0. The maximum absolute atomic E-state index is 13.0. The zero-order valence-corrected chi connectivity index (χ0v) is 17.4. The highest BCUT2D eigenvalue weighted by molar-refractivity contribution is 6.48. The quantitative estimate of drug-likeness (QED) is 0.468. The van der Waals surface area contributed by atoms with Crippen LogP contribution in [0.4, 0.5) is 5.69 Å². The molecule has 0 radical (unpaired) electrons. The first kappa shape index (κ1) is 20.5. The summed E-state index contributed by atoms with van der Waals surface area (Å²) in [7, 11) is 0. The van der Waals surface area contributed by atoms with E-state index in [0.29, 0.717) is 35.7 Å². The fraction of sp³-hybridized carbons (Fsp3) is 0.261. The number of anilines is 1. The maximum Gasteiger partial charge on any atom is 0.296 e. The molecule has 1 aliphatic rings. The number of carbonyl (C=O) groups excluding carboxylic acids is 3. The van der Waals surface area contributed by atoms with E-state index in [9.17, 15) is 14.4 Å². The van der Waals surface area contributed by atoms with Crippen LogP contribution in [0.1, 0.15) is 24.2 Å². The standard InChI is InChI=1S/C23H23N3O5/c1-3-25(4-2)21(27)13-26-12-17(16-7-5-6-8-18(16)26)22(28)23(29)24-15-9-10-19-20(11-15)31-14-30-19/h5-12H,3-4,13-14H2,1-2H3,(H,24,29). The van der Waals surface area contributed by atoms with Crippen molar-refractivity contribution < 1.29 is 23.9 Å². The fourth-order valence-electron chi connectivity index (χ4n) is 3.67. The molecule has 8 nitrogen and oxygen atoms in total. The van der Waals surface area contributed by atoms with Crippen LogP contribution < -0.4 is 14.8 Å². The van der Waals surface area contributed by atoms with Gasteiger partial charge in [0.15, 0.2) is 11.5 Å². The van der Waals surface area contributed by atoms with E-state index in [1.165, 1.54) is 0 Å². The normalized spacial score (nSPS) is 12.1. The van der Waals surface area contributed by atoms with Gasteiger partial charge in [-0.3, -0.25) is 14.4 Å². The molecular formula is C23H23N3O5. The molecule has 160 valence electrons. The Kier molecular flexibility index (Phi) is 5.62. The van der Waals surface area contributed by atoms with Crippen LogP contribution in [0.2, 0.25) is 0 Å². The van der Waals surface area contributed by atoms with Gasteiger partial charge >= 0.3 is 0 Å². The van der Waals surface area contributed by atoms with E-state index in [1.54, 1.807) is 46.0 Å². The predicted molar refractivity (Wildman–Crippen MR) is 115 cm³/mol. The van der Waals surface area contributed by atoms with Gasteiger partial charge in [-0.25, -0.2) is 0 Å². The van der Waals surface area contributed by atoms with Crippen molar-refractivity contribution >= 4 is 34.2 Å². The number of ether oxygens (including phenoxy) is 2. The summed E-state index contributed by atoms with van der Waals surface area (Å²) in [5.74, 6) is -0.392. The molecule has 0 spiro atoms. The average molecular weight is 421 g/mol. The first-order valence-electron chi connectivity index (χ1n) is 10.1. The van der Waals surface area contributed by atoms with Crippen LogP contribution in [0.15, 0.2) is 48.7 Å². The van der Waals surface area contributed by atoms with Crippen LogP contribution in [-0.2, 0) is 16.1 Å². The van der Waals surface area contributed by atoms with E-state index in [1.807, 2.05) is 26.0 Å².